The van der Waals surface area contributed by atoms with E-state index in [4.69, 9.17) is 23.7 Å². The molecule has 0 bridgehead atoms. The third-order valence-corrected chi connectivity index (χ3v) is 4.02. The van der Waals surface area contributed by atoms with E-state index in [9.17, 15) is 0 Å². The van der Waals surface area contributed by atoms with Gasteiger partial charge in [0.2, 0.25) is 6.79 Å². The molecule has 2 aliphatic rings. The summed E-state index contributed by atoms with van der Waals surface area (Å²) in [6.45, 7) is 0.258. The highest BCUT2D eigenvalue weighted by atomic mass is 16.7. The van der Waals surface area contributed by atoms with E-state index in [1.807, 2.05) is 30.3 Å². The maximum absolute atomic E-state index is 5.78. The highest BCUT2D eigenvalue weighted by Crippen LogP contribution is 2.42. The predicted molar refractivity (Wildman–Crippen MR) is 84.4 cm³/mol. The molecule has 0 N–H and O–H groups in total. The van der Waals surface area contributed by atoms with Crippen LogP contribution in [0.15, 0.2) is 36.6 Å². The lowest BCUT2D eigenvalue weighted by Crippen LogP contribution is -2.03. The van der Waals surface area contributed by atoms with Crippen LogP contribution in [0.2, 0.25) is 0 Å². The second kappa shape index (κ2) is 5.43. The minimum Gasteiger partial charge on any atom is -0.493 e. The molecule has 0 unspecified atom stereocenters. The molecule has 2 aliphatic heterocycles. The molecule has 0 saturated heterocycles. The summed E-state index contributed by atoms with van der Waals surface area (Å²) in [5, 5.41) is 0. The second-order valence-electron chi connectivity index (χ2n) is 5.32. The van der Waals surface area contributed by atoms with Crippen LogP contribution in [0.3, 0.4) is 0 Å². The Balaban J connectivity index is 1.66. The molecule has 0 aliphatic carbocycles. The van der Waals surface area contributed by atoms with Crippen LogP contribution in [-0.2, 0) is 6.42 Å². The van der Waals surface area contributed by atoms with Crippen molar-refractivity contribution in [2.45, 2.75) is 6.42 Å². The van der Waals surface area contributed by atoms with Crippen molar-refractivity contribution in [3.63, 3.8) is 0 Å². The molecule has 2 heterocycles. The first kappa shape index (κ1) is 13.8. The summed E-state index contributed by atoms with van der Waals surface area (Å²) in [4.78, 5) is 0. The Morgan fingerprint density at radius 2 is 1.65 bits per heavy atom. The van der Waals surface area contributed by atoms with Gasteiger partial charge in [-0.2, -0.15) is 0 Å². The van der Waals surface area contributed by atoms with Crippen molar-refractivity contribution < 1.29 is 23.7 Å². The summed E-state index contributed by atoms with van der Waals surface area (Å²) in [5.41, 5.74) is 3.17. The number of benzene rings is 2. The summed E-state index contributed by atoms with van der Waals surface area (Å²) >= 11 is 0. The fraction of sp³-hybridized carbons (Fsp3) is 0.222. The lowest BCUT2D eigenvalue weighted by Gasteiger charge is -2.19. The van der Waals surface area contributed by atoms with Gasteiger partial charge >= 0.3 is 0 Å². The van der Waals surface area contributed by atoms with E-state index in [1.165, 1.54) is 0 Å². The van der Waals surface area contributed by atoms with Crippen molar-refractivity contribution in [2.24, 2.45) is 0 Å². The normalized spacial score (nSPS) is 14.6. The first-order valence-electron chi connectivity index (χ1n) is 7.29. The Morgan fingerprint density at radius 1 is 0.870 bits per heavy atom. The lowest BCUT2D eigenvalue weighted by atomic mass is 9.96. The summed E-state index contributed by atoms with van der Waals surface area (Å²) in [6.07, 6.45) is 2.52. The fourth-order valence-electron chi connectivity index (χ4n) is 2.80. The topological polar surface area (TPSA) is 46.2 Å². The highest BCUT2D eigenvalue weighted by molar-refractivity contribution is 5.72. The summed E-state index contributed by atoms with van der Waals surface area (Å²) in [6, 6.07) is 9.69. The molecule has 0 fully saturated rings. The Labute approximate surface area is 134 Å². The average Bonchev–Trinajstić information content (AvgIpc) is 3.05. The van der Waals surface area contributed by atoms with Gasteiger partial charge < -0.3 is 23.7 Å². The number of hydrogen-bond acceptors (Lipinski definition) is 5. The van der Waals surface area contributed by atoms with Crippen LogP contribution in [-0.4, -0.2) is 21.0 Å². The average molecular weight is 312 g/mol. The van der Waals surface area contributed by atoms with Gasteiger partial charge in [0.25, 0.3) is 0 Å². The molecule has 4 rings (SSSR count). The first-order valence-corrected chi connectivity index (χ1v) is 7.29. The standard InChI is InChI=1S/C18H16O5/c1-19-14-4-3-11(6-16(14)20-2)13-5-12-7-17-18(23-10-22-17)8-15(12)21-9-13/h3-4,6-9H,5,10H2,1-2H3. The summed E-state index contributed by atoms with van der Waals surface area (Å²) < 4.78 is 27.2. The SMILES string of the molecule is COc1ccc(C2=COc3cc4c(cc3C2)OCO4)cc1OC. The molecule has 0 saturated carbocycles. The molecular formula is C18H16O5. The minimum absolute atomic E-state index is 0.258. The number of methoxy groups -OCH3 is 2. The van der Waals surface area contributed by atoms with Gasteiger partial charge in [0.05, 0.1) is 20.5 Å². The van der Waals surface area contributed by atoms with Crippen LogP contribution in [0.1, 0.15) is 11.1 Å². The van der Waals surface area contributed by atoms with Crippen LogP contribution in [0, 0.1) is 0 Å². The molecule has 2 aromatic rings. The monoisotopic (exact) mass is 312 g/mol. The van der Waals surface area contributed by atoms with Gasteiger partial charge in [-0.3, -0.25) is 0 Å². The lowest BCUT2D eigenvalue weighted by molar-refractivity contribution is 0.174. The van der Waals surface area contributed by atoms with Crippen LogP contribution < -0.4 is 23.7 Å². The molecule has 0 aromatic heterocycles. The van der Waals surface area contributed by atoms with Gasteiger partial charge in [0.1, 0.15) is 5.75 Å². The molecule has 0 radical (unpaired) electrons. The smallest absolute Gasteiger partial charge is 0.231 e. The molecule has 5 nitrogen and oxygen atoms in total. The summed E-state index contributed by atoms with van der Waals surface area (Å²) in [7, 11) is 3.25. The van der Waals surface area contributed by atoms with Crippen LogP contribution in [0.4, 0.5) is 0 Å². The number of allylic oxidation sites excluding steroid dienone is 1. The van der Waals surface area contributed by atoms with E-state index in [2.05, 4.69) is 0 Å². The van der Waals surface area contributed by atoms with Gasteiger partial charge in [0, 0.05) is 18.1 Å². The zero-order valence-electron chi connectivity index (χ0n) is 12.9. The van der Waals surface area contributed by atoms with Gasteiger partial charge in [0.15, 0.2) is 23.0 Å². The van der Waals surface area contributed by atoms with Gasteiger partial charge in [-0.15, -0.1) is 0 Å². The van der Waals surface area contributed by atoms with Crippen LogP contribution in [0.25, 0.3) is 5.57 Å². The van der Waals surface area contributed by atoms with Crippen molar-refractivity contribution in [3.8, 4) is 28.7 Å². The van der Waals surface area contributed by atoms with E-state index in [0.717, 1.165) is 40.4 Å². The third kappa shape index (κ3) is 2.34. The van der Waals surface area contributed by atoms with Crippen molar-refractivity contribution in [2.75, 3.05) is 21.0 Å². The summed E-state index contributed by atoms with van der Waals surface area (Å²) in [5.74, 6) is 3.70. The van der Waals surface area contributed by atoms with Crippen molar-refractivity contribution in [1.29, 1.82) is 0 Å². The van der Waals surface area contributed by atoms with Gasteiger partial charge in [-0.25, -0.2) is 0 Å². The number of ether oxygens (including phenoxy) is 5. The number of rotatable bonds is 3. The molecule has 0 spiro atoms. The predicted octanol–water partition coefficient (Wildman–Crippen LogP) is 3.41. The Morgan fingerprint density at radius 3 is 2.43 bits per heavy atom. The van der Waals surface area contributed by atoms with E-state index in [1.54, 1.807) is 20.5 Å². The van der Waals surface area contributed by atoms with Crippen molar-refractivity contribution in [1.82, 2.24) is 0 Å². The maximum Gasteiger partial charge on any atom is 0.231 e. The largest absolute Gasteiger partial charge is 0.493 e. The van der Waals surface area contributed by atoms with Crippen LogP contribution >= 0.6 is 0 Å². The van der Waals surface area contributed by atoms with Gasteiger partial charge in [-0.05, 0) is 29.3 Å². The Kier molecular flexibility index (Phi) is 3.26. The quantitative estimate of drug-likeness (QED) is 0.869. The molecule has 2 aromatic carbocycles. The second-order valence-corrected chi connectivity index (χ2v) is 5.32. The molecule has 118 valence electrons. The van der Waals surface area contributed by atoms with E-state index in [0.29, 0.717) is 11.5 Å². The van der Waals surface area contributed by atoms with Crippen molar-refractivity contribution >= 4 is 5.57 Å². The molecule has 0 atom stereocenters. The van der Waals surface area contributed by atoms with Crippen molar-refractivity contribution in [3.05, 3.63) is 47.7 Å². The van der Waals surface area contributed by atoms with E-state index >= 15 is 0 Å². The Bertz CT molecular complexity index is 794. The zero-order chi connectivity index (χ0) is 15.8. The fourth-order valence-corrected chi connectivity index (χ4v) is 2.80. The molecular weight excluding hydrogens is 296 g/mol. The molecule has 0 amide bonds. The number of hydrogen-bond donors (Lipinski definition) is 0. The van der Waals surface area contributed by atoms with Crippen LogP contribution in [0.5, 0.6) is 28.7 Å². The highest BCUT2D eigenvalue weighted by Gasteiger charge is 2.22. The van der Waals surface area contributed by atoms with Gasteiger partial charge in [-0.1, -0.05) is 6.07 Å². The van der Waals surface area contributed by atoms with E-state index < -0.39 is 0 Å². The van der Waals surface area contributed by atoms with E-state index in [-0.39, 0.29) is 6.79 Å². The maximum atomic E-state index is 5.78. The first-order chi connectivity index (χ1) is 11.3. The third-order valence-electron chi connectivity index (χ3n) is 4.02. The zero-order valence-corrected chi connectivity index (χ0v) is 12.9. The minimum atomic E-state index is 0.258. The molecule has 23 heavy (non-hydrogen) atoms. The number of fused-ring (bicyclic) bond motifs is 2. The Hall–Kier alpha value is -2.82. The molecule has 5 heteroatoms.